The van der Waals surface area contributed by atoms with Crippen molar-refractivity contribution in [1.82, 2.24) is 0 Å². The minimum atomic E-state index is -0.291. The van der Waals surface area contributed by atoms with E-state index in [1.165, 1.54) is 29.7 Å². The fourth-order valence-corrected chi connectivity index (χ4v) is 3.75. The number of nitrogens with two attached hydrogens (primary N) is 1. The Morgan fingerprint density at radius 2 is 2.10 bits per heavy atom. The highest BCUT2D eigenvalue weighted by Crippen LogP contribution is 2.35. The predicted octanol–water partition coefficient (Wildman–Crippen LogP) is 3.27. The van der Waals surface area contributed by atoms with E-state index < -0.39 is 0 Å². The molecule has 0 spiro atoms. The molecule has 104 valence electrons. The van der Waals surface area contributed by atoms with Gasteiger partial charge in [-0.2, -0.15) is 0 Å². The standard InChI is InChI=1S/C16H18N2OS/c17-16(19)10-11-4-6-12(7-5-11)18-14-2-1-3-15-13(14)8-9-20-15/h4-9,14,18H,1-3,10H2,(H2,17,19). The minimum Gasteiger partial charge on any atom is -0.378 e. The summed E-state index contributed by atoms with van der Waals surface area (Å²) in [6.45, 7) is 0. The Morgan fingerprint density at radius 1 is 1.30 bits per heavy atom. The van der Waals surface area contributed by atoms with Gasteiger partial charge in [-0.15, -0.1) is 11.3 Å². The van der Waals surface area contributed by atoms with E-state index in [1.807, 2.05) is 35.6 Å². The van der Waals surface area contributed by atoms with Gasteiger partial charge >= 0.3 is 0 Å². The van der Waals surface area contributed by atoms with E-state index in [9.17, 15) is 4.79 Å². The van der Waals surface area contributed by atoms with E-state index in [1.54, 1.807) is 0 Å². The molecule has 1 atom stereocenters. The smallest absolute Gasteiger partial charge is 0.221 e. The molecule has 3 nitrogen and oxygen atoms in total. The van der Waals surface area contributed by atoms with Crippen LogP contribution in [0.25, 0.3) is 0 Å². The van der Waals surface area contributed by atoms with Crippen LogP contribution in [-0.4, -0.2) is 5.91 Å². The van der Waals surface area contributed by atoms with Gasteiger partial charge in [0.15, 0.2) is 0 Å². The van der Waals surface area contributed by atoms with Crippen LogP contribution >= 0.6 is 11.3 Å². The predicted molar refractivity (Wildman–Crippen MR) is 83.0 cm³/mol. The Labute approximate surface area is 122 Å². The first-order valence-electron chi connectivity index (χ1n) is 6.92. The monoisotopic (exact) mass is 286 g/mol. The first kappa shape index (κ1) is 13.2. The molecular weight excluding hydrogens is 268 g/mol. The van der Waals surface area contributed by atoms with Crippen LogP contribution in [0.4, 0.5) is 5.69 Å². The van der Waals surface area contributed by atoms with Gasteiger partial charge in [-0.05, 0) is 54.0 Å². The molecule has 0 fully saturated rings. The summed E-state index contributed by atoms with van der Waals surface area (Å²) < 4.78 is 0. The minimum absolute atomic E-state index is 0.291. The molecular formula is C16H18N2OS. The lowest BCUT2D eigenvalue weighted by Gasteiger charge is -2.24. The molecule has 1 unspecified atom stereocenters. The summed E-state index contributed by atoms with van der Waals surface area (Å²) in [5.74, 6) is -0.291. The van der Waals surface area contributed by atoms with Gasteiger partial charge in [-0.1, -0.05) is 12.1 Å². The molecule has 0 aliphatic heterocycles. The van der Waals surface area contributed by atoms with Gasteiger partial charge in [0.25, 0.3) is 0 Å². The summed E-state index contributed by atoms with van der Waals surface area (Å²) in [5, 5.41) is 5.78. The molecule has 1 aliphatic carbocycles. The first-order chi connectivity index (χ1) is 9.72. The molecule has 0 saturated heterocycles. The van der Waals surface area contributed by atoms with E-state index in [0.717, 1.165) is 11.3 Å². The Morgan fingerprint density at radius 3 is 2.85 bits per heavy atom. The van der Waals surface area contributed by atoms with E-state index in [4.69, 9.17) is 5.73 Å². The van der Waals surface area contributed by atoms with Gasteiger partial charge in [0.2, 0.25) is 5.91 Å². The average molecular weight is 286 g/mol. The van der Waals surface area contributed by atoms with Gasteiger partial charge < -0.3 is 11.1 Å². The highest BCUT2D eigenvalue weighted by molar-refractivity contribution is 7.10. The number of carbonyl (C=O) groups excluding carboxylic acids is 1. The fraction of sp³-hybridized carbons (Fsp3) is 0.312. The summed E-state index contributed by atoms with van der Waals surface area (Å²) in [4.78, 5) is 12.4. The zero-order valence-electron chi connectivity index (χ0n) is 11.3. The number of primary amides is 1. The lowest BCUT2D eigenvalue weighted by molar-refractivity contribution is -0.117. The number of carbonyl (C=O) groups is 1. The van der Waals surface area contributed by atoms with Crippen molar-refractivity contribution < 1.29 is 4.79 Å². The summed E-state index contributed by atoms with van der Waals surface area (Å²) in [6.07, 6.45) is 3.93. The molecule has 1 aromatic carbocycles. The molecule has 20 heavy (non-hydrogen) atoms. The molecule has 1 amide bonds. The topological polar surface area (TPSA) is 55.1 Å². The number of hydrogen-bond acceptors (Lipinski definition) is 3. The number of hydrogen-bond donors (Lipinski definition) is 2. The zero-order chi connectivity index (χ0) is 13.9. The van der Waals surface area contributed by atoms with Crippen molar-refractivity contribution in [2.75, 3.05) is 5.32 Å². The first-order valence-corrected chi connectivity index (χ1v) is 7.80. The largest absolute Gasteiger partial charge is 0.378 e. The van der Waals surface area contributed by atoms with Crippen LogP contribution in [0.15, 0.2) is 35.7 Å². The summed E-state index contributed by atoms with van der Waals surface area (Å²) in [7, 11) is 0. The van der Waals surface area contributed by atoms with E-state index >= 15 is 0 Å². The van der Waals surface area contributed by atoms with Crippen LogP contribution in [0, 0.1) is 0 Å². The van der Waals surface area contributed by atoms with Crippen LogP contribution in [0.1, 0.15) is 34.9 Å². The van der Waals surface area contributed by atoms with Crippen molar-refractivity contribution in [3.63, 3.8) is 0 Å². The summed E-state index contributed by atoms with van der Waals surface area (Å²) in [5.41, 5.74) is 8.71. The maximum Gasteiger partial charge on any atom is 0.221 e. The molecule has 0 bridgehead atoms. The van der Waals surface area contributed by atoms with Crippen molar-refractivity contribution in [2.24, 2.45) is 5.73 Å². The van der Waals surface area contributed by atoms with Crippen molar-refractivity contribution in [3.8, 4) is 0 Å². The Balaban J connectivity index is 1.71. The van der Waals surface area contributed by atoms with Gasteiger partial charge in [0.05, 0.1) is 12.5 Å². The van der Waals surface area contributed by atoms with Crippen LogP contribution in [0.5, 0.6) is 0 Å². The average Bonchev–Trinajstić information content (AvgIpc) is 2.90. The third-order valence-electron chi connectivity index (χ3n) is 3.73. The maximum atomic E-state index is 10.9. The SMILES string of the molecule is NC(=O)Cc1ccc(NC2CCCc3sccc32)cc1. The molecule has 0 radical (unpaired) electrons. The highest BCUT2D eigenvalue weighted by atomic mass is 32.1. The normalized spacial score (nSPS) is 17.5. The highest BCUT2D eigenvalue weighted by Gasteiger charge is 2.20. The van der Waals surface area contributed by atoms with Gasteiger partial charge in [-0.3, -0.25) is 4.79 Å². The van der Waals surface area contributed by atoms with Crippen molar-refractivity contribution in [1.29, 1.82) is 0 Å². The Bertz CT molecular complexity index is 603. The van der Waals surface area contributed by atoms with E-state index in [2.05, 4.69) is 16.8 Å². The number of nitrogens with one attached hydrogen (secondary N) is 1. The zero-order valence-corrected chi connectivity index (χ0v) is 12.1. The number of thiophene rings is 1. The third-order valence-corrected chi connectivity index (χ3v) is 4.72. The molecule has 4 heteroatoms. The molecule has 0 saturated carbocycles. The third kappa shape index (κ3) is 2.85. The lowest BCUT2D eigenvalue weighted by Crippen LogP contribution is -2.16. The van der Waals surface area contributed by atoms with Crippen molar-refractivity contribution >= 4 is 22.9 Å². The fourth-order valence-electron chi connectivity index (χ4n) is 2.76. The second kappa shape index (κ2) is 5.67. The van der Waals surface area contributed by atoms with Gasteiger partial charge in [-0.25, -0.2) is 0 Å². The van der Waals surface area contributed by atoms with E-state index in [-0.39, 0.29) is 5.91 Å². The molecule has 1 aromatic heterocycles. The van der Waals surface area contributed by atoms with Crippen LogP contribution < -0.4 is 11.1 Å². The number of fused-ring (bicyclic) bond motifs is 1. The molecule has 1 aliphatic rings. The Hall–Kier alpha value is -1.81. The van der Waals surface area contributed by atoms with Crippen LogP contribution in [0.2, 0.25) is 0 Å². The molecule has 3 N–H and O–H groups in total. The molecule has 3 rings (SSSR count). The number of benzene rings is 1. The number of aryl methyl sites for hydroxylation is 1. The van der Waals surface area contributed by atoms with Gasteiger partial charge in [0, 0.05) is 10.6 Å². The van der Waals surface area contributed by atoms with Crippen molar-refractivity contribution in [2.45, 2.75) is 31.7 Å². The quantitative estimate of drug-likeness (QED) is 0.906. The summed E-state index contributed by atoms with van der Waals surface area (Å²) >= 11 is 1.86. The molecule has 1 heterocycles. The second-order valence-electron chi connectivity index (χ2n) is 5.23. The van der Waals surface area contributed by atoms with Crippen molar-refractivity contribution in [3.05, 3.63) is 51.7 Å². The Kier molecular flexibility index (Phi) is 3.74. The van der Waals surface area contributed by atoms with Crippen LogP contribution in [-0.2, 0) is 17.6 Å². The lowest BCUT2D eigenvalue weighted by atomic mass is 9.94. The van der Waals surface area contributed by atoms with E-state index in [0.29, 0.717) is 12.5 Å². The number of rotatable bonds is 4. The maximum absolute atomic E-state index is 10.9. The molecule has 2 aromatic rings. The summed E-state index contributed by atoms with van der Waals surface area (Å²) in [6, 6.07) is 10.6. The van der Waals surface area contributed by atoms with Gasteiger partial charge in [0.1, 0.15) is 0 Å². The second-order valence-corrected chi connectivity index (χ2v) is 6.23. The number of amides is 1. The van der Waals surface area contributed by atoms with Crippen LogP contribution in [0.3, 0.4) is 0 Å². The number of anilines is 1.